The van der Waals surface area contributed by atoms with Crippen LogP contribution >= 0.6 is 23.4 Å². The number of hydrogen-bond donors (Lipinski definition) is 0. The number of carbonyl (C=O) groups excluding carboxylic acids is 1. The summed E-state index contributed by atoms with van der Waals surface area (Å²) in [7, 11) is 0. The smallest absolute Gasteiger partial charge is 0.242 e. The molecule has 0 spiro atoms. The van der Waals surface area contributed by atoms with Crippen LogP contribution in [0.1, 0.15) is 6.92 Å². The van der Waals surface area contributed by atoms with E-state index in [0.29, 0.717) is 11.6 Å². The molecule has 18 heavy (non-hydrogen) atoms. The molecule has 0 radical (unpaired) electrons. The van der Waals surface area contributed by atoms with E-state index in [-0.39, 0.29) is 11.2 Å². The molecule has 1 unspecified atom stereocenters. The Balaban J connectivity index is 2.28. The highest BCUT2D eigenvalue weighted by molar-refractivity contribution is 8.15. The fourth-order valence-electron chi connectivity index (χ4n) is 1.60. The van der Waals surface area contributed by atoms with E-state index in [1.807, 2.05) is 19.1 Å². The Morgan fingerprint density at radius 2 is 2.17 bits per heavy atom. The van der Waals surface area contributed by atoms with Crippen LogP contribution in [-0.2, 0) is 4.79 Å². The van der Waals surface area contributed by atoms with Gasteiger partial charge in [0.1, 0.15) is 0 Å². The molecule has 0 saturated carbocycles. The molecule has 1 heterocycles. The minimum atomic E-state index is -0.0870. The highest BCUT2D eigenvalue weighted by Gasteiger charge is 2.33. The zero-order valence-electron chi connectivity index (χ0n) is 9.97. The molecule has 1 atom stereocenters. The molecule has 5 heteroatoms. The van der Waals surface area contributed by atoms with Crippen molar-refractivity contribution < 1.29 is 4.79 Å². The largest absolute Gasteiger partial charge is 0.286 e. The zero-order chi connectivity index (χ0) is 13.1. The minimum Gasteiger partial charge on any atom is -0.286 e. The van der Waals surface area contributed by atoms with Crippen molar-refractivity contribution in [2.45, 2.75) is 12.2 Å². The van der Waals surface area contributed by atoms with Gasteiger partial charge in [0.05, 0.1) is 10.9 Å². The Morgan fingerprint density at radius 3 is 2.78 bits per heavy atom. The summed E-state index contributed by atoms with van der Waals surface area (Å²) in [6.45, 7) is 6.03. The van der Waals surface area contributed by atoms with E-state index < -0.39 is 0 Å². The van der Waals surface area contributed by atoms with Gasteiger partial charge in [0.25, 0.3) is 0 Å². The Labute approximate surface area is 116 Å². The summed E-state index contributed by atoms with van der Waals surface area (Å²) >= 11 is 7.29. The summed E-state index contributed by atoms with van der Waals surface area (Å²) in [4.78, 5) is 18.0. The van der Waals surface area contributed by atoms with E-state index in [2.05, 4.69) is 11.6 Å². The van der Waals surface area contributed by atoms with Crippen molar-refractivity contribution in [2.24, 2.45) is 4.99 Å². The van der Waals surface area contributed by atoms with Crippen LogP contribution in [0, 0.1) is 0 Å². The topological polar surface area (TPSA) is 32.7 Å². The van der Waals surface area contributed by atoms with E-state index in [9.17, 15) is 4.79 Å². The highest BCUT2D eigenvalue weighted by atomic mass is 35.5. The van der Waals surface area contributed by atoms with Crippen molar-refractivity contribution in [1.29, 1.82) is 0 Å². The number of amides is 1. The maximum Gasteiger partial charge on any atom is 0.242 e. The second-order valence-electron chi connectivity index (χ2n) is 3.87. The predicted octanol–water partition coefficient (Wildman–Crippen LogP) is 3.48. The lowest BCUT2D eigenvalue weighted by Gasteiger charge is -2.13. The van der Waals surface area contributed by atoms with Gasteiger partial charge in [0, 0.05) is 11.6 Å². The first kappa shape index (κ1) is 13.2. The van der Waals surface area contributed by atoms with Gasteiger partial charge in [0.2, 0.25) is 5.91 Å². The Bertz CT molecular complexity index is 498. The van der Waals surface area contributed by atoms with Gasteiger partial charge in [0.15, 0.2) is 5.17 Å². The molecule has 1 saturated heterocycles. The number of nitrogens with zero attached hydrogens (tertiary/aromatic N) is 2. The van der Waals surface area contributed by atoms with Crippen molar-refractivity contribution >= 4 is 40.1 Å². The average molecular weight is 281 g/mol. The van der Waals surface area contributed by atoms with Gasteiger partial charge in [-0.05, 0) is 31.2 Å². The van der Waals surface area contributed by atoms with Crippen LogP contribution in [0.4, 0.5) is 5.69 Å². The first-order valence-electron chi connectivity index (χ1n) is 5.55. The van der Waals surface area contributed by atoms with Gasteiger partial charge in [-0.15, -0.1) is 6.58 Å². The fourth-order valence-corrected chi connectivity index (χ4v) is 2.72. The van der Waals surface area contributed by atoms with Gasteiger partial charge in [-0.3, -0.25) is 9.69 Å². The van der Waals surface area contributed by atoms with Crippen molar-refractivity contribution in [3.8, 4) is 0 Å². The summed E-state index contributed by atoms with van der Waals surface area (Å²) in [5.41, 5.74) is 0.790. The number of benzene rings is 1. The molecule has 1 fully saturated rings. The Morgan fingerprint density at radius 1 is 1.50 bits per heavy atom. The van der Waals surface area contributed by atoms with E-state index in [1.54, 1.807) is 23.1 Å². The minimum absolute atomic E-state index is 0.0765. The van der Waals surface area contributed by atoms with Crippen molar-refractivity contribution in [3.63, 3.8) is 0 Å². The van der Waals surface area contributed by atoms with Gasteiger partial charge >= 0.3 is 0 Å². The number of amidine groups is 1. The molecular weight excluding hydrogens is 268 g/mol. The quantitative estimate of drug-likeness (QED) is 0.794. The van der Waals surface area contributed by atoms with Crippen LogP contribution in [0.5, 0.6) is 0 Å². The van der Waals surface area contributed by atoms with E-state index in [1.165, 1.54) is 11.8 Å². The average Bonchev–Trinajstić information content (AvgIpc) is 2.61. The zero-order valence-corrected chi connectivity index (χ0v) is 11.5. The third-order valence-electron chi connectivity index (χ3n) is 2.49. The first-order chi connectivity index (χ1) is 8.61. The maximum absolute atomic E-state index is 11.9. The Hall–Kier alpha value is -1.26. The van der Waals surface area contributed by atoms with Crippen LogP contribution < -0.4 is 0 Å². The maximum atomic E-state index is 11.9. The van der Waals surface area contributed by atoms with E-state index in [0.717, 1.165) is 10.9 Å². The first-order valence-corrected chi connectivity index (χ1v) is 6.81. The van der Waals surface area contributed by atoms with Crippen LogP contribution in [-0.4, -0.2) is 27.8 Å². The molecule has 3 nitrogen and oxygen atoms in total. The molecule has 1 aliphatic heterocycles. The molecule has 0 N–H and O–H groups in total. The van der Waals surface area contributed by atoms with Crippen LogP contribution in [0.2, 0.25) is 5.02 Å². The molecule has 2 rings (SSSR count). The predicted molar refractivity (Wildman–Crippen MR) is 77.5 cm³/mol. The molecule has 1 aliphatic rings. The summed E-state index contributed by atoms with van der Waals surface area (Å²) in [5.74, 6) is 0.0765. The molecule has 1 aromatic rings. The standard InChI is InChI=1S/C13H13ClN2OS/c1-3-8-16-12(17)9(2)18-13(16)15-11-6-4-10(14)5-7-11/h3-7,9H,1,8H2,2H3. The van der Waals surface area contributed by atoms with E-state index >= 15 is 0 Å². The summed E-state index contributed by atoms with van der Waals surface area (Å²) in [6, 6.07) is 7.22. The number of aliphatic imine (C=N–C) groups is 1. The molecular formula is C13H13ClN2OS. The van der Waals surface area contributed by atoms with Crippen molar-refractivity contribution in [1.82, 2.24) is 4.90 Å². The third kappa shape index (κ3) is 2.76. The molecule has 0 aromatic heterocycles. The van der Waals surface area contributed by atoms with Crippen LogP contribution in [0.3, 0.4) is 0 Å². The second kappa shape index (κ2) is 5.59. The Kier molecular flexibility index (Phi) is 4.09. The van der Waals surface area contributed by atoms with Gasteiger partial charge in [-0.25, -0.2) is 4.99 Å². The van der Waals surface area contributed by atoms with Crippen molar-refractivity contribution in [3.05, 3.63) is 41.9 Å². The van der Waals surface area contributed by atoms with Gasteiger partial charge in [-0.1, -0.05) is 29.4 Å². The molecule has 1 amide bonds. The SMILES string of the molecule is C=CCN1C(=O)C(C)SC1=Nc1ccc(Cl)cc1. The highest BCUT2D eigenvalue weighted by Crippen LogP contribution is 2.29. The van der Waals surface area contributed by atoms with Gasteiger partial charge in [-0.2, -0.15) is 0 Å². The fraction of sp³-hybridized carbons (Fsp3) is 0.231. The lowest BCUT2D eigenvalue weighted by atomic mass is 10.3. The number of hydrogen-bond acceptors (Lipinski definition) is 3. The lowest BCUT2D eigenvalue weighted by molar-refractivity contribution is -0.125. The number of carbonyl (C=O) groups is 1. The van der Waals surface area contributed by atoms with E-state index in [4.69, 9.17) is 11.6 Å². The molecule has 1 aromatic carbocycles. The molecule has 0 aliphatic carbocycles. The van der Waals surface area contributed by atoms with Crippen LogP contribution in [0.15, 0.2) is 41.9 Å². The second-order valence-corrected chi connectivity index (χ2v) is 5.61. The van der Waals surface area contributed by atoms with Crippen LogP contribution in [0.25, 0.3) is 0 Å². The number of halogens is 1. The number of thioether (sulfide) groups is 1. The summed E-state index contributed by atoms with van der Waals surface area (Å²) in [6.07, 6.45) is 1.70. The van der Waals surface area contributed by atoms with Crippen molar-refractivity contribution in [2.75, 3.05) is 6.54 Å². The number of rotatable bonds is 3. The summed E-state index contributed by atoms with van der Waals surface area (Å²) < 4.78 is 0. The molecule has 0 bridgehead atoms. The van der Waals surface area contributed by atoms with Gasteiger partial charge < -0.3 is 0 Å². The third-order valence-corrected chi connectivity index (χ3v) is 3.82. The monoisotopic (exact) mass is 280 g/mol. The molecule has 94 valence electrons. The normalized spacial score (nSPS) is 21.7. The lowest BCUT2D eigenvalue weighted by Crippen LogP contribution is -2.31. The summed E-state index contributed by atoms with van der Waals surface area (Å²) in [5, 5.41) is 1.30.